The normalized spacial score (nSPS) is 16.8. The fourth-order valence-electron chi connectivity index (χ4n) is 3.10. The standard InChI is InChI=1S/C19H25NO/c1-2-6-13-20(12-5-1)14-7-15-21-19-11-10-17-8-3-4-9-18(17)16-19/h3-4,8-11,16H,1-2,5-7,12-15H2. The highest BCUT2D eigenvalue weighted by atomic mass is 16.5. The lowest BCUT2D eigenvalue weighted by Gasteiger charge is -2.19. The van der Waals surface area contributed by atoms with Crippen LogP contribution in [0.4, 0.5) is 0 Å². The molecule has 1 saturated heterocycles. The Kier molecular flexibility index (Phi) is 5.12. The molecule has 2 heteroatoms. The van der Waals surface area contributed by atoms with E-state index in [-0.39, 0.29) is 0 Å². The minimum Gasteiger partial charge on any atom is -0.494 e. The number of nitrogens with zero attached hydrogens (tertiary/aromatic N) is 1. The quantitative estimate of drug-likeness (QED) is 0.750. The molecule has 0 radical (unpaired) electrons. The van der Waals surface area contributed by atoms with Crippen molar-refractivity contribution in [1.29, 1.82) is 0 Å². The highest BCUT2D eigenvalue weighted by molar-refractivity contribution is 5.83. The molecule has 1 aliphatic rings. The zero-order chi connectivity index (χ0) is 14.3. The second-order valence-corrected chi connectivity index (χ2v) is 5.97. The fourth-order valence-corrected chi connectivity index (χ4v) is 3.10. The summed E-state index contributed by atoms with van der Waals surface area (Å²) in [4.78, 5) is 2.59. The van der Waals surface area contributed by atoms with E-state index in [9.17, 15) is 0 Å². The molecule has 0 aromatic heterocycles. The van der Waals surface area contributed by atoms with Gasteiger partial charge in [-0.05, 0) is 55.3 Å². The van der Waals surface area contributed by atoms with Gasteiger partial charge >= 0.3 is 0 Å². The number of fused-ring (bicyclic) bond motifs is 1. The van der Waals surface area contributed by atoms with Crippen molar-refractivity contribution in [1.82, 2.24) is 4.90 Å². The minimum atomic E-state index is 0.814. The molecule has 0 aliphatic carbocycles. The smallest absolute Gasteiger partial charge is 0.119 e. The largest absolute Gasteiger partial charge is 0.494 e. The van der Waals surface area contributed by atoms with Crippen molar-refractivity contribution in [3.8, 4) is 5.75 Å². The Hall–Kier alpha value is -1.54. The maximum Gasteiger partial charge on any atom is 0.119 e. The van der Waals surface area contributed by atoms with Crippen molar-refractivity contribution in [2.45, 2.75) is 32.1 Å². The van der Waals surface area contributed by atoms with Gasteiger partial charge in [-0.2, -0.15) is 0 Å². The van der Waals surface area contributed by atoms with Crippen LogP contribution in [-0.4, -0.2) is 31.1 Å². The Morgan fingerprint density at radius 2 is 1.62 bits per heavy atom. The molecule has 1 aliphatic heterocycles. The van der Waals surface area contributed by atoms with Crippen LogP contribution in [0.2, 0.25) is 0 Å². The van der Waals surface area contributed by atoms with Gasteiger partial charge in [0.05, 0.1) is 6.61 Å². The Bertz CT molecular complexity index is 558. The van der Waals surface area contributed by atoms with E-state index in [4.69, 9.17) is 4.74 Å². The van der Waals surface area contributed by atoms with Crippen LogP contribution in [0.1, 0.15) is 32.1 Å². The second-order valence-electron chi connectivity index (χ2n) is 5.97. The van der Waals surface area contributed by atoms with Crippen molar-refractivity contribution in [2.24, 2.45) is 0 Å². The van der Waals surface area contributed by atoms with Crippen LogP contribution in [0.15, 0.2) is 42.5 Å². The molecule has 0 amide bonds. The fraction of sp³-hybridized carbons (Fsp3) is 0.474. The van der Waals surface area contributed by atoms with E-state index in [2.05, 4.69) is 47.4 Å². The predicted octanol–water partition coefficient (Wildman–Crippen LogP) is 4.48. The summed E-state index contributed by atoms with van der Waals surface area (Å²) >= 11 is 0. The van der Waals surface area contributed by atoms with Gasteiger partial charge < -0.3 is 9.64 Å². The van der Waals surface area contributed by atoms with E-state index in [1.165, 1.54) is 56.1 Å². The molecule has 0 bridgehead atoms. The molecule has 0 saturated carbocycles. The topological polar surface area (TPSA) is 12.5 Å². The molecule has 3 rings (SSSR count). The van der Waals surface area contributed by atoms with E-state index in [0.29, 0.717) is 0 Å². The monoisotopic (exact) mass is 283 g/mol. The first-order valence-electron chi connectivity index (χ1n) is 8.26. The molecule has 2 aromatic carbocycles. The van der Waals surface area contributed by atoms with Crippen LogP contribution in [0.3, 0.4) is 0 Å². The van der Waals surface area contributed by atoms with Gasteiger partial charge in [0.25, 0.3) is 0 Å². The summed E-state index contributed by atoms with van der Waals surface area (Å²) in [6.45, 7) is 4.54. The first-order chi connectivity index (χ1) is 10.4. The van der Waals surface area contributed by atoms with E-state index in [1.807, 2.05) is 0 Å². The molecule has 0 unspecified atom stereocenters. The molecule has 112 valence electrons. The zero-order valence-electron chi connectivity index (χ0n) is 12.8. The SMILES string of the molecule is c1ccc2cc(OCCCN3CCCCCC3)ccc2c1. The summed E-state index contributed by atoms with van der Waals surface area (Å²) in [5.74, 6) is 0.990. The van der Waals surface area contributed by atoms with Gasteiger partial charge in [-0.15, -0.1) is 0 Å². The maximum absolute atomic E-state index is 5.91. The molecule has 0 spiro atoms. The third-order valence-corrected chi connectivity index (χ3v) is 4.31. The van der Waals surface area contributed by atoms with Crippen LogP contribution >= 0.6 is 0 Å². The van der Waals surface area contributed by atoms with Crippen molar-refractivity contribution < 1.29 is 4.74 Å². The average molecular weight is 283 g/mol. The Morgan fingerprint density at radius 1 is 0.857 bits per heavy atom. The van der Waals surface area contributed by atoms with Crippen LogP contribution in [0.5, 0.6) is 5.75 Å². The first-order valence-corrected chi connectivity index (χ1v) is 8.26. The van der Waals surface area contributed by atoms with Gasteiger partial charge in [-0.1, -0.05) is 43.2 Å². The maximum atomic E-state index is 5.91. The Balaban J connectivity index is 1.45. The molecule has 2 nitrogen and oxygen atoms in total. The lowest BCUT2D eigenvalue weighted by Crippen LogP contribution is -2.26. The minimum absolute atomic E-state index is 0.814. The van der Waals surface area contributed by atoms with Gasteiger partial charge in [0, 0.05) is 6.54 Å². The highest BCUT2D eigenvalue weighted by Crippen LogP contribution is 2.20. The zero-order valence-corrected chi connectivity index (χ0v) is 12.8. The lowest BCUT2D eigenvalue weighted by atomic mass is 10.1. The Labute approximate surface area is 127 Å². The molecular weight excluding hydrogens is 258 g/mol. The van der Waals surface area contributed by atoms with Gasteiger partial charge in [-0.25, -0.2) is 0 Å². The number of likely N-dealkylation sites (tertiary alicyclic amines) is 1. The third kappa shape index (κ3) is 4.21. The molecule has 2 aromatic rings. The second kappa shape index (κ2) is 7.46. The molecule has 1 heterocycles. The van der Waals surface area contributed by atoms with Crippen molar-refractivity contribution in [3.05, 3.63) is 42.5 Å². The van der Waals surface area contributed by atoms with Gasteiger partial charge in [0.2, 0.25) is 0 Å². The number of hydrogen-bond donors (Lipinski definition) is 0. The number of benzene rings is 2. The lowest BCUT2D eigenvalue weighted by molar-refractivity contribution is 0.240. The van der Waals surface area contributed by atoms with Crippen molar-refractivity contribution in [2.75, 3.05) is 26.2 Å². The highest BCUT2D eigenvalue weighted by Gasteiger charge is 2.08. The summed E-state index contributed by atoms with van der Waals surface area (Å²) in [6.07, 6.45) is 6.66. The summed E-state index contributed by atoms with van der Waals surface area (Å²) in [7, 11) is 0. The van der Waals surface area contributed by atoms with E-state index in [0.717, 1.165) is 18.8 Å². The van der Waals surface area contributed by atoms with Crippen LogP contribution < -0.4 is 4.74 Å². The molecule has 1 fully saturated rings. The summed E-state index contributed by atoms with van der Waals surface area (Å²) in [5.41, 5.74) is 0. The van der Waals surface area contributed by atoms with Crippen LogP contribution in [0, 0.1) is 0 Å². The van der Waals surface area contributed by atoms with E-state index in [1.54, 1.807) is 0 Å². The van der Waals surface area contributed by atoms with Gasteiger partial charge in [0.1, 0.15) is 5.75 Å². The van der Waals surface area contributed by atoms with Crippen LogP contribution in [-0.2, 0) is 0 Å². The van der Waals surface area contributed by atoms with E-state index >= 15 is 0 Å². The average Bonchev–Trinajstić information content (AvgIpc) is 2.80. The van der Waals surface area contributed by atoms with Crippen LogP contribution in [0.25, 0.3) is 10.8 Å². The number of rotatable bonds is 5. The first kappa shape index (κ1) is 14.4. The third-order valence-electron chi connectivity index (χ3n) is 4.31. The summed E-state index contributed by atoms with van der Waals surface area (Å²) in [5, 5.41) is 2.52. The van der Waals surface area contributed by atoms with Gasteiger partial charge in [0.15, 0.2) is 0 Å². The van der Waals surface area contributed by atoms with Crippen molar-refractivity contribution >= 4 is 10.8 Å². The predicted molar refractivity (Wildman–Crippen MR) is 89.0 cm³/mol. The number of ether oxygens (including phenoxy) is 1. The molecular formula is C19H25NO. The summed E-state index contributed by atoms with van der Waals surface area (Å²) < 4.78 is 5.91. The molecule has 21 heavy (non-hydrogen) atoms. The summed E-state index contributed by atoms with van der Waals surface area (Å²) in [6, 6.07) is 14.8. The molecule has 0 N–H and O–H groups in total. The molecule has 0 atom stereocenters. The van der Waals surface area contributed by atoms with Crippen molar-refractivity contribution in [3.63, 3.8) is 0 Å². The Morgan fingerprint density at radius 3 is 2.43 bits per heavy atom. The van der Waals surface area contributed by atoms with E-state index < -0.39 is 0 Å². The van der Waals surface area contributed by atoms with Gasteiger partial charge in [-0.3, -0.25) is 0 Å². The number of hydrogen-bond acceptors (Lipinski definition) is 2.